The molecule has 0 saturated carbocycles. The summed E-state index contributed by atoms with van der Waals surface area (Å²) in [6, 6.07) is 15.5. The Labute approximate surface area is 182 Å². The lowest BCUT2D eigenvalue weighted by Crippen LogP contribution is -2.36. The lowest BCUT2D eigenvalue weighted by Gasteiger charge is -2.38. The van der Waals surface area contributed by atoms with Gasteiger partial charge in [0.2, 0.25) is 5.95 Å². The number of benzene rings is 2. The Balaban J connectivity index is 1.73. The molecule has 0 fully saturated rings. The summed E-state index contributed by atoms with van der Waals surface area (Å²) in [6.07, 6.45) is 1.29. The Morgan fingerprint density at radius 1 is 1.10 bits per heavy atom. The second-order valence-electron chi connectivity index (χ2n) is 9.12. The number of fused-ring (bicyclic) bond motifs is 1. The number of ether oxygens (including phenoxy) is 1. The van der Waals surface area contributed by atoms with Crippen molar-refractivity contribution in [3.63, 3.8) is 0 Å². The van der Waals surface area contributed by atoms with Crippen molar-refractivity contribution in [3.05, 3.63) is 70.9 Å². The highest BCUT2D eigenvalue weighted by Gasteiger charge is 2.42. The molecule has 158 valence electrons. The van der Waals surface area contributed by atoms with Gasteiger partial charge in [0.25, 0.3) is 0 Å². The maximum atomic E-state index is 13.4. The number of allylic oxidation sites excluding steroid dienone is 2. The first-order valence-electron chi connectivity index (χ1n) is 10.6. The number of anilines is 1. The molecule has 0 saturated heterocycles. The molecule has 6 heteroatoms. The average molecular weight is 415 g/mol. The first kappa shape index (κ1) is 19.5. The van der Waals surface area contributed by atoms with Crippen LogP contribution in [0.4, 0.5) is 5.95 Å². The molecule has 1 aromatic heterocycles. The summed E-state index contributed by atoms with van der Waals surface area (Å²) in [5, 5.41) is 8.32. The van der Waals surface area contributed by atoms with Crippen molar-refractivity contribution in [2.45, 2.75) is 39.7 Å². The summed E-state index contributed by atoms with van der Waals surface area (Å²) in [5.74, 6) is 2.18. The SMILES string of the molecule is COc1ccccc1C1C2=C(CC(C)(C)CC2=O)Nc2nc(-c3ccccc3C)nn21. The third kappa shape index (κ3) is 3.23. The van der Waals surface area contributed by atoms with Crippen LogP contribution in [-0.2, 0) is 4.79 Å². The highest BCUT2D eigenvalue weighted by molar-refractivity contribution is 6.00. The summed E-state index contributed by atoms with van der Waals surface area (Å²) < 4.78 is 7.51. The van der Waals surface area contributed by atoms with Crippen LogP contribution in [0.5, 0.6) is 5.75 Å². The number of Topliss-reactive ketones (excluding diaryl/α,β-unsaturated/α-hetero) is 1. The smallest absolute Gasteiger partial charge is 0.226 e. The predicted molar refractivity (Wildman–Crippen MR) is 120 cm³/mol. The number of carbonyl (C=O) groups is 1. The minimum atomic E-state index is -0.378. The Kier molecular flexibility index (Phi) is 4.46. The van der Waals surface area contributed by atoms with E-state index in [1.54, 1.807) is 7.11 Å². The number of rotatable bonds is 3. The molecule has 0 amide bonds. The van der Waals surface area contributed by atoms with Gasteiger partial charge in [-0.1, -0.05) is 56.3 Å². The molecule has 2 heterocycles. The topological polar surface area (TPSA) is 69.0 Å². The molecule has 3 aromatic rings. The normalized spacial score (nSPS) is 19.5. The molecule has 6 nitrogen and oxygen atoms in total. The fourth-order valence-electron chi connectivity index (χ4n) is 4.73. The van der Waals surface area contributed by atoms with E-state index in [1.165, 1.54) is 0 Å². The summed E-state index contributed by atoms with van der Waals surface area (Å²) in [6.45, 7) is 6.31. The van der Waals surface area contributed by atoms with Crippen molar-refractivity contribution in [2.75, 3.05) is 12.4 Å². The van der Waals surface area contributed by atoms with Gasteiger partial charge in [0.1, 0.15) is 11.8 Å². The van der Waals surface area contributed by atoms with E-state index < -0.39 is 0 Å². The summed E-state index contributed by atoms with van der Waals surface area (Å²) in [4.78, 5) is 18.2. The van der Waals surface area contributed by atoms with Crippen LogP contribution in [0.1, 0.15) is 43.9 Å². The molecule has 31 heavy (non-hydrogen) atoms. The molecule has 1 aliphatic carbocycles. The van der Waals surface area contributed by atoms with Gasteiger partial charge in [-0.3, -0.25) is 4.79 Å². The van der Waals surface area contributed by atoms with Gasteiger partial charge < -0.3 is 10.1 Å². The van der Waals surface area contributed by atoms with Crippen molar-refractivity contribution < 1.29 is 9.53 Å². The van der Waals surface area contributed by atoms with Gasteiger partial charge in [0, 0.05) is 28.8 Å². The molecule has 2 aliphatic rings. The van der Waals surface area contributed by atoms with Crippen LogP contribution in [0.2, 0.25) is 0 Å². The maximum Gasteiger partial charge on any atom is 0.226 e. The van der Waals surface area contributed by atoms with Crippen LogP contribution in [-0.4, -0.2) is 27.7 Å². The van der Waals surface area contributed by atoms with E-state index in [1.807, 2.05) is 47.1 Å². The van der Waals surface area contributed by atoms with Gasteiger partial charge in [-0.25, -0.2) is 4.68 Å². The zero-order valence-corrected chi connectivity index (χ0v) is 18.3. The first-order chi connectivity index (χ1) is 14.9. The fraction of sp³-hybridized carbons (Fsp3) is 0.320. The number of ketones is 1. The molecule has 0 bridgehead atoms. The standard InChI is InChI=1S/C25H26N4O2/c1-15-9-5-6-10-16(15)23-27-24-26-18-13-25(2,3)14-19(30)21(18)22(29(24)28-23)17-11-7-8-12-20(17)31-4/h5-12,22H,13-14H2,1-4H3,(H,26,27,28). The van der Waals surface area contributed by atoms with Crippen LogP contribution in [0, 0.1) is 12.3 Å². The van der Waals surface area contributed by atoms with E-state index in [0.717, 1.165) is 40.1 Å². The quantitative estimate of drug-likeness (QED) is 0.659. The Morgan fingerprint density at radius 3 is 2.61 bits per heavy atom. The van der Waals surface area contributed by atoms with E-state index >= 15 is 0 Å². The Bertz CT molecular complexity index is 1220. The molecule has 0 radical (unpaired) electrons. The van der Waals surface area contributed by atoms with Crippen LogP contribution < -0.4 is 10.1 Å². The van der Waals surface area contributed by atoms with E-state index in [4.69, 9.17) is 14.8 Å². The molecule has 5 rings (SSSR count). The molecular formula is C25H26N4O2. The maximum absolute atomic E-state index is 13.4. The number of carbonyl (C=O) groups excluding carboxylic acids is 1. The minimum Gasteiger partial charge on any atom is -0.496 e. The number of aromatic nitrogens is 3. The molecule has 1 aliphatic heterocycles. The first-order valence-corrected chi connectivity index (χ1v) is 10.6. The van der Waals surface area contributed by atoms with Crippen molar-refractivity contribution in [3.8, 4) is 17.1 Å². The van der Waals surface area contributed by atoms with Gasteiger partial charge in [0.05, 0.1) is 7.11 Å². The Hall–Kier alpha value is -3.41. The summed E-state index contributed by atoms with van der Waals surface area (Å²) >= 11 is 0. The van der Waals surface area contributed by atoms with Gasteiger partial charge in [-0.2, -0.15) is 4.98 Å². The lowest BCUT2D eigenvalue weighted by molar-refractivity contribution is -0.118. The summed E-state index contributed by atoms with van der Waals surface area (Å²) in [5.41, 5.74) is 4.60. The van der Waals surface area contributed by atoms with Crippen LogP contribution in [0.15, 0.2) is 59.8 Å². The third-order valence-corrected chi connectivity index (χ3v) is 6.15. The van der Waals surface area contributed by atoms with Gasteiger partial charge in [0.15, 0.2) is 11.6 Å². The number of methoxy groups -OCH3 is 1. The van der Waals surface area contributed by atoms with Crippen LogP contribution in [0.25, 0.3) is 11.4 Å². The molecular weight excluding hydrogens is 388 g/mol. The molecule has 2 aromatic carbocycles. The zero-order chi connectivity index (χ0) is 21.8. The molecule has 1 N–H and O–H groups in total. The largest absolute Gasteiger partial charge is 0.496 e. The molecule has 0 spiro atoms. The van der Waals surface area contributed by atoms with E-state index in [0.29, 0.717) is 18.2 Å². The van der Waals surface area contributed by atoms with Crippen molar-refractivity contribution >= 4 is 11.7 Å². The van der Waals surface area contributed by atoms with Crippen molar-refractivity contribution in [1.82, 2.24) is 14.8 Å². The van der Waals surface area contributed by atoms with Gasteiger partial charge in [-0.15, -0.1) is 5.10 Å². The highest BCUT2D eigenvalue weighted by Crippen LogP contribution is 2.47. The number of nitrogens with zero attached hydrogens (tertiary/aromatic N) is 3. The number of aryl methyl sites for hydroxylation is 1. The number of hydrogen-bond acceptors (Lipinski definition) is 5. The summed E-state index contributed by atoms with van der Waals surface area (Å²) in [7, 11) is 1.65. The second-order valence-corrected chi connectivity index (χ2v) is 9.12. The molecule has 1 atom stereocenters. The van der Waals surface area contributed by atoms with Gasteiger partial charge in [-0.05, 0) is 30.4 Å². The van der Waals surface area contributed by atoms with E-state index in [2.05, 4.69) is 32.2 Å². The highest BCUT2D eigenvalue weighted by atomic mass is 16.5. The van der Waals surface area contributed by atoms with E-state index in [9.17, 15) is 4.79 Å². The number of hydrogen-bond donors (Lipinski definition) is 1. The van der Waals surface area contributed by atoms with Crippen molar-refractivity contribution in [2.24, 2.45) is 5.41 Å². The van der Waals surface area contributed by atoms with Crippen LogP contribution >= 0.6 is 0 Å². The fourth-order valence-corrected chi connectivity index (χ4v) is 4.73. The number of nitrogens with one attached hydrogen (secondary N) is 1. The third-order valence-electron chi connectivity index (χ3n) is 6.15. The monoisotopic (exact) mass is 414 g/mol. The van der Waals surface area contributed by atoms with Crippen LogP contribution in [0.3, 0.4) is 0 Å². The molecule has 1 unspecified atom stereocenters. The Morgan fingerprint density at radius 2 is 1.84 bits per heavy atom. The predicted octanol–water partition coefficient (Wildman–Crippen LogP) is 4.92. The average Bonchev–Trinajstić information content (AvgIpc) is 3.15. The number of para-hydroxylation sites is 1. The van der Waals surface area contributed by atoms with E-state index in [-0.39, 0.29) is 17.2 Å². The zero-order valence-electron chi connectivity index (χ0n) is 18.3. The minimum absolute atomic E-state index is 0.102. The van der Waals surface area contributed by atoms with Gasteiger partial charge >= 0.3 is 0 Å². The lowest BCUT2D eigenvalue weighted by atomic mass is 9.73. The van der Waals surface area contributed by atoms with Crippen molar-refractivity contribution in [1.29, 1.82) is 0 Å². The second kappa shape index (κ2) is 7.08.